The van der Waals surface area contributed by atoms with Crippen molar-refractivity contribution in [3.8, 4) is 5.75 Å². The third-order valence-corrected chi connectivity index (χ3v) is 1.57. The normalized spacial score (nSPS) is 12.1. The molecule has 0 spiro atoms. The van der Waals surface area contributed by atoms with Crippen LogP contribution in [-0.2, 0) is 0 Å². The van der Waals surface area contributed by atoms with E-state index in [1.165, 1.54) is 18.5 Å². The summed E-state index contributed by atoms with van der Waals surface area (Å²) in [5.74, 6) is -0.316. The minimum atomic E-state index is -0.286. The first-order valence-electron chi connectivity index (χ1n) is 4.27. The molecule has 1 heterocycles. The van der Waals surface area contributed by atoms with Crippen molar-refractivity contribution < 1.29 is 9.90 Å². The molecule has 0 radical (unpaired) electrons. The molecule has 14 heavy (non-hydrogen) atoms. The molecule has 0 fully saturated rings. The lowest BCUT2D eigenvalue weighted by Crippen LogP contribution is -2.35. The molecule has 5 nitrogen and oxygen atoms in total. The highest BCUT2D eigenvalue weighted by Gasteiger charge is 2.06. The Morgan fingerprint density at radius 3 is 3.00 bits per heavy atom. The van der Waals surface area contributed by atoms with E-state index in [9.17, 15) is 4.79 Å². The molecular weight excluding hydrogens is 182 g/mol. The van der Waals surface area contributed by atoms with Crippen LogP contribution in [-0.4, -0.2) is 28.6 Å². The zero-order valence-electron chi connectivity index (χ0n) is 7.90. The van der Waals surface area contributed by atoms with Gasteiger partial charge in [0.1, 0.15) is 5.75 Å². The maximum absolute atomic E-state index is 11.4. The molecular formula is C9H13N3O2. The molecule has 0 aromatic carbocycles. The number of aromatic nitrogens is 1. The Hall–Kier alpha value is -1.62. The van der Waals surface area contributed by atoms with Gasteiger partial charge in [-0.1, -0.05) is 0 Å². The van der Waals surface area contributed by atoms with Gasteiger partial charge in [-0.05, 0) is 13.0 Å². The Kier molecular flexibility index (Phi) is 3.41. The molecule has 0 bridgehead atoms. The molecule has 1 aromatic rings. The summed E-state index contributed by atoms with van der Waals surface area (Å²) in [6.07, 6.45) is 2.65. The number of hydrogen-bond acceptors (Lipinski definition) is 4. The van der Waals surface area contributed by atoms with Crippen molar-refractivity contribution in [2.45, 2.75) is 13.0 Å². The van der Waals surface area contributed by atoms with Crippen LogP contribution in [0.1, 0.15) is 17.3 Å². The third-order valence-electron chi connectivity index (χ3n) is 1.57. The third kappa shape index (κ3) is 3.02. The van der Waals surface area contributed by atoms with Gasteiger partial charge in [0.2, 0.25) is 0 Å². The summed E-state index contributed by atoms with van der Waals surface area (Å²) < 4.78 is 0. The molecule has 0 aliphatic heterocycles. The van der Waals surface area contributed by atoms with E-state index >= 15 is 0 Å². The summed E-state index contributed by atoms with van der Waals surface area (Å²) >= 11 is 0. The van der Waals surface area contributed by atoms with Gasteiger partial charge in [0.05, 0.1) is 11.8 Å². The highest BCUT2D eigenvalue weighted by molar-refractivity contribution is 5.94. The number of carbonyl (C=O) groups excluding carboxylic acids is 1. The average Bonchev–Trinajstić information content (AvgIpc) is 2.14. The summed E-state index contributed by atoms with van der Waals surface area (Å²) in [6.45, 7) is 2.19. The average molecular weight is 195 g/mol. The second-order valence-electron chi connectivity index (χ2n) is 3.12. The summed E-state index contributed by atoms with van der Waals surface area (Å²) in [7, 11) is 0. The van der Waals surface area contributed by atoms with E-state index in [4.69, 9.17) is 10.8 Å². The Labute approximate surface area is 82.0 Å². The molecule has 0 aliphatic carbocycles. The SMILES string of the molecule is CC(N)CNC(=O)c1cncc(O)c1. The van der Waals surface area contributed by atoms with Crippen LogP contribution in [0.3, 0.4) is 0 Å². The fourth-order valence-corrected chi connectivity index (χ4v) is 0.908. The van der Waals surface area contributed by atoms with Crippen LogP contribution in [0, 0.1) is 0 Å². The van der Waals surface area contributed by atoms with Crippen LogP contribution in [0.25, 0.3) is 0 Å². The molecule has 1 rings (SSSR count). The van der Waals surface area contributed by atoms with Crippen molar-refractivity contribution in [2.75, 3.05) is 6.54 Å². The second kappa shape index (κ2) is 4.57. The van der Waals surface area contributed by atoms with Gasteiger partial charge in [0.25, 0.3) is 5.91 Å². The highest BCUT2D eigenvalue weighted by Crippen LogP contribution is 2.07. The number of nitrogens with two attached hydrogens (primary N) is 1. The van der Waals surface area contributed by atoms with Crippen molar-refractivity contribution in [1.82, 2.24) is 10.3 Å². The van der Waals surface area contributed by atoms with E-state index in [1.807, 2.05) is 0 Å². The number of nitrogens with zero attached hydrogens (tertiary/aromatic N) is 1. The minimum Gasteiger partial charge on any atom is -0.506 e. The van der Waals surface area contributed by atoms with E-state index < -0.39 is 0 Å². The fourth-order valence-electron chi connectivity index (χ4n) is 0.908. The van der Waals surface area contributed by atoms with Crippen LogP contribution >= 0.6 is 0 Å². The molecule has 76 valence electrons. The lowest BCUT2D eigenvalue weighted by Gasteiger charge is -2.07. The fraction of sp³-hybridized carbons (Fsp3) is 0.333. The summed E-state index contributed by atoms with van der Waals surface area (Å²) in [5, 5.41) is 11.7. The molecule has 1 amide bonds. The van der Waals surface area contributed by atoms with Crippen molar-refractivity contribution in [1.29, 1.82) is 0 Å². The van der Waals surface area contributed by atoms with E-state index in [2.05, 4.69) is 10.3 Å². The second-order valence-corrected chi connectivity index (χ2v) is 3.12. The van der Waals surface area contributed by atoms with Crippen molar-refractivity contribution in [3.05, 3.63) is 24.0 Å². The first kappa shape index (κ1) is 10.5. The number of aromatic hydroxyl groups is 1. The van der Waals surface area contributed by atoms with Crippen LogP contribution in [0.5, 0.6) is 5.75 Å². The van der Waals surface area contributed by atoms with Gasteiger partial charge < -0.3 is 16.2 Å². The molecule has 1 atom stereocenters. The van der Waals surface area contributed by atoms with E-state index in [1.54, 1.807) is 6.92 Å². The molecule has 5 heteroatoms. The lowest BCUT2D eigenvalue weighted by molar-refractivity contribution is 0.0951. The molecule has 0 saturated heterocycles. The van der Waals surface area contributed by atoms with Gasteiger partial charge in [-0.3, -0.25) is 9.78 Å². The zero-order chi connectivity index (χ0) is 10.6. The number of pyridine rings is 1. The minimum absolute atomic E-state index is 0.0292. The van der Waals surface area contributed by atoms with E-state index in [-0.39, 0.29) is 17.7 Å². The number of hydrogen-bond donors (Lipinski definition) is 3. The van der Waals surface area contributed by atoms with Gasteiger partial charge in [-0.25, -0.2) is 0 Å². The first-order chi connectivity index (χ1) is 6.59. The van der Waals surface area contributed by atoms with Crippen LogP contribution in [0.2, 0.25) is 0 Å². The molecule has 1 aromatic heterocycles. The van der Waals surface area contributed by atoms with Crippen LogP contribution in [0.15, 0.2) is 18.5 Å². The number of amides is 1. The van der Waals surface area contributed by atoms with Crippen molar-refractivity contribution in [2.24, 2.45) is 5.73 Å². The molecule has 0 aliphatic rings. The Morgan fingerprint density at radius 1 is 1.71 bits per heavy atom. The quantitative estimate of drug-likeness (QED) is 0.626. The number of carbonyl (C=O) groups is 1. The smallest absolute Gasteiger partial charge is 0.253 e. The van der Waals surface area contributed by atoms with Crippen LogP contribution in [0.4, 0.5) is 0 Å². The summed E-state index contributed by atoms with van der Waals surface area (Å²) in [5.41, 5.74) is 5.79. The van der Waals surface area contributed by atoms with Crippen molar-refractivity contribution >= 4 is 5.91 Å². The van der Waals surface area contributed by atoms with Gasteiger partial charge >= 0.3 is 0 Å². The molecule has 4 N–H and O–H groups in total. The van der Waals surface area contributed by atoms with Gasteiger partial charge in [0, 0.05) is 18.8 Å². The Balaban J connectivity index is 2.61. The number of rotatable bonds is 3. The van der Waals surface area contributed by atoms with Gasteiger partial charge in [-0.2, -0.15) is 0 Å². The largest absolute Gasteiger partial charge is 0.506 e. The standard InChI is InChI=1S/C9H13N3O2/c1-6(10)3-12-9(14)7-2-8(13)5-11-4-7/h2,4-6,13H,3,10H2,1H3,(H,12,14). The summed E-state index contributed by atoms with van der Waals surface area (Å²) in [6, 6.07) is 1.26. The maximum atomic E-state index is 11.4. The zero-order valence-corrected chi connectivity index (χ0v) is 7.90. The van der Waals surface area contributed by atoms with E-state index in [0.717, 1.165) is 0 Å². The molecule has 1 unspecified atom stereocenters. The predicted molar refractivity (Wildman–Crippen MR) is 51.9 cm³/mol. The number of nitrogens with one attached hydrogen (secondary N) is 1. The topological polar surface area (TPSA) is 88.2 Å². The highest BCUT2D eigenvalue weighted by atomic mass is 16.3. The lowest BCUT2D eigenvalue weighted by atomic mass is 10.2. The summed E-state index contributed by atoms with van der Waals surface area (Å²) in [4.78, 5) is 15.1. The van der Waals surface area contributed by atoms with Gasteiger partial charge in [0.15, 0.2) is 0 Å². The molecule has 0 saturated carbocycles. The Bertz CT molecular complexity index is 326. The monoisotopic (exact) mass is 195 g/mol. The maximum Gasteiger partial charge on any atom is 0.253 e. The Morgan fingerprint density at radius 2 is 2.43 bits per heavy atom. The van der Waals surface area contributed by atoms with Crippen molar-refractivity contribution in [3.63, 3.8) is 0 Å². The van der Waals surface area contributed by atoms with Crippen LogP contribution < -0.4 is 11.1 Å². The first-order valence-corrected chi connectivity index (χ1v) is 4.27. The predicted octanol–water partition coefficient (Wildman–Crippen LogP) is -0.136. The van der Waals surface area contributed by atoms with Gasteiger partial charge in [-0.15, -0.1) is 0 Å². The van der Waals surface area contributed by atoms with E-state index in [0.29, 0.717) is 12.1 Å².